The minimum atomic E-state index is -1.65. The average molecular weight is 156 g/mol. The van der Waals surface area contributed by atoms with Crippen LogP contribution in [0.4, 0.5) is 0 Å². The van der Waals surface area contributed by atoms with Gasteiger partial charge in [-0.25, -0.2) is 4.79 Å². The first kappa shape index (κ1) is 7.94. The number of cyclic esters (lactones) is 2. The summed E-state index contributed by atoms with van der Waals surface area (Å²) in [4.78, 5) is 21.3. The summed E-state index contributed by atoms with van der Waals surface area (Å²) >= 11 is 0. The molecule has 0 amide bonds. The fourth-order valence-corrected chi connectivity index (χ4v) is 0.940. The Morgan fingerprint density at radius 1 is 1.73 bits per heavy atom. The third kappa shape index (κ3) is 1.30. The molecule has 1 atom stereocenters. The first-order chi connectivity index (χ1) is 5.08. The molecule has 0 bridgehead atoms. The van der Waals surface area contributed by atoms with E-state index >= 15 is 0 Å². The first-order valence-electron chi connectivity index (χ1n) is 3.17. The Bertz CT molecular complexity index is 220. The molecule has 0 aromatic rings. The third-order valence-corrected chi connectivity index (χ3v) is 1.51. The van der Waals surface area contributed by atoms with Crippen molar-refractivity contribution in [2.75, 3.05) is 0 Å². The highest BCUT2D eigenvalue weighted by Crippen LogP contribution is 2.24. The molecule has 1 unspecified atom stereocenters. The number of hydrogen-bond acceptors (Lipinski definition) is 4. The van der Waals surface area contributed by atoms with Gasteiger partial charge in [-0.3, -0.25) is 4.79 Å². The maximum Gasteiger partial charge on any atom is 0.346 e. The van der Waals surface area contributed by atoms with Crippen LogP contribution >= 0.6 is 0 Å². The quantitative estimate of drug-likeness (QED) is 0.340. The van der Waals surface area contributed by atoms with E-state index in [-0.39, 0.29) is 12.8 Å². The van der Waals surface area contributed by atoms with Gasteiger partial charge < -0.3 is 9.84 Å². The molecule has 1 saturated heterocycles. The zero-order valence-electron chi connectivity index (χ0n) is 5.87. The Hall–Kier alpha value is -1.16. The van der Waals surface area contributed by atoms with Gasteiger partial charge in [0.25, 0.3) is 0 Å². The molecule has 4 nitrogen and oxygen atoms in total. The molecule has 0 spiro atoms. The number of ether oxygens (including phenoxy) is 1. The molecular weight excluding hydrogens is 148 g/mol. The second-order valence-electron chi connectivity index (χ2n) is 2.46. The van der Waals surface area contributed by atoms with Gasteiger partial charge in [0, 0.05) is 6.42 Å². The minimum absolute atomic E-state index is 0.0531. The van der Waals surface area contributed by atoms with Gasteiger partial charge in [0.2, 0.25) is 0 Å². The standard InChI is InChI=1S/C7H8O4/c1-2-3-7(10)4-5(8)11-6(7)9/h2,10H,1,3-4H2. The lowest BCUT2D eigenvalue weighted by Gasteiger charge is -2.12. The van der Waals surface area contributed by atoms with Crippen LogP contribution in [0.15, 0.2) is 12.7 Å². The van der Waals surface area contributed by atoms with Gasteiger partial charge in [-0.1, -0.05) is 6.08 Å². The van der Waals surface area contributed by atoms with Crippen LogP contribution in [0.3, 0.4) is 0 Å². The van der Waals surface area contributed by atoms with Gasteiger partial charge in [-0.15, -0.1) is 6.58 Å². The van der Waals surface area contributed by atoms with Crippen LogP contribution in [0.5, 0.6) is 0 Å². The predicted octanol–water partition coefficient (Wildman–Crippen LogP) is -0.233. The average Bonchev–Trinajstić information content (AvgIpc) is 2.08. The number of carbonyl (C=O) groups is 2. The molecule has 1 heterocycles. The summed E-state index contributed by atoms with van der Waals surface area (Å²) in [7, 11) is 0. The van der Waals surface area contributed by atoms with Crippen molar-refractivity contribution in [2.24, 2.45) is 0 Å². The highest BCUT2D eigenvalue weighted by Gasteiger charge is 2.46. The maximum absolute atomic E-state index is 10.8. The summed E-state index contributed by atoms with van der Waals surface area (Å²) in [6.45, 7) is 3.35. The Morgan fingerprint density at radius 2 is 2.36 bits per heavy atom. The monoisotopic (exact) mass is 156 g/mol. The molecule has 4 heteroatoms. The van der Waals surface area contributed by atoms with E-state index in [1.54, 1.807) is 0 Å². The molecule has 0 saturated carbocycles. The fourth-order valence-electron chi connectivity index (χ4n) is 0.940. The summed E-state index contributed by atoms with van der Waals surface area (Å²) in [6.07, 6.45) is 1.16. The lowest BCUT2D eigenvalue weighted by Crippen LogP contribution is -2.33. The van der Waals surface area contributed by atoms with Gasteiger partial charge >= 0.3 is 11.9 Å². The Morgan fingerprint density at radius 3 is 2.73 bits per heavy atom. The molecule has 0 aromatic carbocycles. The lowest BCUT2D eigenvalue weighted by atomic mass is 9.98. The zero-order chi connectivity index (χ0) is 8.48. The van der Waals surface area contributed by atoms with E-state index in [1.165, 1.54) is 6.08 Å². The Labute approximate surface area is 63.5 Å². The molecular formula is C7H8O4. The number of hydrogen-bond donors (Lipinski definition) is 1. The summed E-state index contributed by atoms with van der Waals surface area (Å²) in [5.74, 6) is -1.55. The minimum Gasteiger partial charge on any atom is -0.391 e. The summed E-state index contributed by atoms with van der Waals surface area (Å²) < 4.78 is 4.15. The van der Waals surface area contributed by atoms with Crippen molar-refractivity contribution in [3.8, 4) is 0 Å². The smallest absolute Gasteiger partial charge is 0.346 e. The first-order valence-corrected chi connectivity index (χ1v) is 3.17. The zero-order valence-corrected chi connectivity index (χ0v) is 5.87. The van der Waals surface area contributed by atoms with Gasteiger partial charge in [0.15, 0.2) is 5.60 Å². The normalized spacial score (nSPS) is 30.3. The SMILES string of the molecule is C=CCC1(O)CC(=O)OC1=O. The summed E-state index contributed by atoms with van der Waals surface area (Å²) in [6, 6.07) is 0. The fraction of sp³-hybridized carbons (Fsp3) is 0.429. The highest BCUT2D eigenvalue weighted by molar-refractivity contribution is 5.99. The molecule has 0 aromatic heterocycles. The molecule has 11 heavy (non-hydrogen) atoms. The van der Waals surface area contributed by atoms with E-state index in [0.29, 0.717) is 0 Å². The largest absolute Gasteiger partial charge is 0.391 e. The van der Waals surface area contributed by atoms with Crippen LogP contribution in [0, 0.1) is 0 Å². The maximum atomic E-state index is 10.8. The van der Waals surface area contributed by atoms with Crippen molar-refractivity contribution in [1.82, 2.24) is 0 Å². The van der Waals surface area contributed by atoms with Crippen molar-refractivity contribution >= 4 is 11.9 Å². The van der Waals surface area contributed by atoms with Crippen molar-refractivity contribution in [3.63, 3.8) is 0 Å². The molecule has 1 aliphatic heterocycles. The second kappa shape index (κ2) is 2.47. The highest BCUT2D eigenvalue weighted by atomic mass is 16.6. The predicted molar refractivity (Wildman–Crippen MR) is 35.5 cm³/mol. The molecule has 1 rings (SSSR count). The number of esters is 2. The number of aliphatic hydroxyl groups is 1. The lowest BCUT2D eigenvalue weighted by molar-refractivity contribution is -0.158. The van der Waals surface area contributed by atoms with Crippen molar-refractivity contribution in [2.45, 2.75) is 18.4 Å². The van der Waals surface area contributed by atoms with E-state index in [1.807, 2.05) is 0 Å². The Kier molecular flexibility index (Phi) is 1.78. The topological polar surface area (TPSA) is 63.6 Å². The van der Waals surface area contributed by atoms with Gasteiger partial charge in [-0.2, -0.15) is 0 Å². The van der Waals surface area contributed by atoms with Crippen LogP contribution < -0.4 is 0 Å². The third-order valence-electron chi connectivity index (χ3n) is 1.51. The van der Waals surface area contributed by atoms with E-state index in [2.05, 4.69) is 11.3 Å². The molecule has 0 radical (unpaired) electrons. The van der Waals surface area contributed by atoms with Crippen molar-refractivity contribution < 1.29 is 19.4 Å². The van der Waals surface area contributed by atoms with E-state index in [9.17, 15) is 14.7 Å². The summed E-state index contributed by atoms with van der Waals surface area (Å²) in [5.41, 5.74) is -1.65. The molecule has 60 valence electrons. The van der Waals surface area contributed by atoms with Gasteiger partial charge in [0.1, 0.15) is 0 Å². The van der Waals surface area contributed by atoms with E-state index in [0.717, 1.165) is 0 Å². The van der Waals surface area contributed by atoms with Crippen LogP contribution in [-0.2, 0) is 14.3 Å². The van der Waals surface area contributed by atoms with Crippen LogP contribution in [0.1, 0.15) is 12.8 Å². The molecule has 1 aliphatic rings. The molecule has 0 aliphatic carbocycles. The van der Waals surface area contributed by atoms with Crippen LogP contribution in [0.25, 0.3) is 0 Å². The second-order valence-corrected chi connectivity index (χ2v) is 2.46. The molecule has 1 fully saturated rings. The van der Waals surface area contributed by atoms with Crippen molar-refractivity contribution in [3.05, 3.63) is 12.7 Å². The van der Waals surface area contributed by atoms with E-state index < -0.39 is 17.5 Å². The van der Waals surface area contributed by atoms with Gasteiger partial charge in [-0.05, 0) is 0 Å². The molecule has 1 N–H and O–H groups in total. The van der Waals surface area contributed by atoms with Gasteiger partial charge in [0.05, 0.1) is 6.42 Å². The number of carbonyl (C=O) groups excluding carboxylic acids is 2. The van der Waals surface area contributed by atoms with Crippen molar-refractivity contribution in [1.29, 1.82) is 0 Å². The number of rotatable bonds is 2. The van der Waals surface area contributed by atoms with Crippen LogP contribution in [0.2, 0.25) is 0 Å². The Balaban J connectivity index is 2.78. The van der Waals surface area contributed by atoms with E-state index in [4.69, 9.17) is 0 Å². The summed E-state index contributed by atoms with van der Waals surface area (Å²) in [5, 5.41) is 9.36. The van der Waals surface area contributed by atoms with Crippen LogP contribution in [-0.4, -0.2) is 22.6 Å².